The minimum atomic E-state index is -0.147. The molecule has 2 atom stereocenters. The molecule has 0 N–H and O–H groups in total. The summed E-state index contributed by atoms with van der Waals surface area (Å²) in [6.45, 7) is 5.70. The van der Waals surface area contributed by atoms with Crippen molar-refractivity contribution in [1.29, 1.82) is 0 Å². The van der Waals surface area contributed by atoms with E-state index >= 15 is 0 Å². The van der Waals surface area contributed by atoms with Gasteiger partial charge in [-0.1, -0.05) is 5.16 Å². The van der Waals surface area contributed by atoms with Crippen molar-refractivity contribution in [2.75, 3.05) is 33.4 Å². The maximum Gasteiger partial charge on any atom is 0.258 e. The zero-order valence-corrected chi connectivity index (χ0v) is 15.9. The van der Waals surface area contributed by atoms with Crippen LogP contribution in [0.5, 0.6) is 0 Å². The van der Waals surface area contributed by atoms with E-state index in [-0.39, 0.29) is 23.8 Å². The molecular formula is C19H24N4O4. The number of nitrogens with zero attached hydrogens (tertiary/aromatic N) is 4. The number of hydrogen-bond donors (Lipinski definition) is 0. The van der Waals surface area contributed by atoms with E-state index in [4.69, 9.17) is 9.26 Å². The van der Waals surface area contributed by atoms with Gasteiger partial charge in [-0.15, -0.1) is 0 Å². The molecular weight excluding hydrogens is 348 g/mol. The van der Waals surface area contributed by atoms with Gasteiger partial charge in [0.2, 0.25) is 5.91 Å². The zero-order valence-electron chi connectivity index (χ0n) is 15.9. The molecule has 3 saturated heterocycles. The summed E-state index contributed by atoms with van der Waals surface area (Å²) in [7, 11) is 1.63. The fourth-order valence-corrected chi connectivity index (χ4v) is 4.25. The topological polar surface area (TPSA) is 88.8 Å². The first-order valence-electron chi connectivity index (χ1n) is 9.32. The molecule has 5 rings (SSSR count). The van der Waals surface area contributed by atoms with E-state index in [0.717, 1.165) is 12.8 Å². The van der Waals surface area contributed by atoms with Gasteiger partial charge in [-0.2, -0.15) is 0 Å². The molecule has 0 spiro atoms. The molecule has 8 nitrogen and oxygen atoms in total. The number of carbonyl (C=O) groups is 2. The third kappa shape index (κ3) is 3.07. The average molecular weight is 372 g/mol. The van der Waals surface area contributed by atoms with Crippen LogP contribution in [0.1, 0.15) is 34.6 Å². The smallest absolute Gasteiger partial charge is 0.258 e. The van der Waals surface area contributed by atoms with Gasteiger partial charge in [0.25, 0.3) is 11.6 Å². The monoisotopic (exact) mass is 372 g/mol. The van der Waals surface area contributed by atoms with E-state index in [1.807, 2.05) is 23.6 Å². The number of ether oxygens (including phenoxy) is 1. The van der Waals surface area contributed by atoms with Crippen LogP contribution in [0, 0.1) is 19.8 Å². The fraction of sp³-hybridized carbons (Fsp3) is 0.579. The lowest BCUT2D eigenvalue weighted by molar-refractivity contribution is -0.140. The van der Waals surface area contributed by atoms with Crippen molar-refractivity contribution in [2.24, 2.45) is 5.92 Å². The van der Waals surface area contributed by atoms with E-state index < -0.39 is 0 Å². The molecule has 2 aromatic rings. The molecule has 0 radical (unpaired) electrons. The van der Waals surface area contributed by atoms with E-state index in [1.165, 1.54) is 0 Å². The minimum Gasteiger partial charge on any atom is -0.383 e. The van der Waals surface area contributed by atoms with Crippen LogP contribution in [0.25, 0.3) is 11.1 Å². The Balaban J connectivity index is 1.66. The van der Waals surface area contributed by atoms with Gasteiger partial charge in [-0.25, -0.2) is 4.98 Å². The molecule has 2 bridgehead atoms. The SMILES string of the molecule is COCCN1C(=O)[C@H]2CC[C@@H]1CN(C(=O)c1cc(C)nc3onc(C)c13)C2. The first-order valence-corrected chi connectivity index (χ1v) is 9.32. The second-order valence-corrected chi connectivity index (χ2v) is 7.42. The van der Waals surface area contributed by atoms with E-state index in [0.29, 0.717) is 54.3 Å². The lowest BCUT2D eigenvalue weighted by Crippen LogP contribution is -2.49. The Hall–Kier alpha value is -2.48. The highest BCUT2D eigenvalue weighted by Crippen LogP contribution is 2.31. The Bertz CT molecular complexity index is 893. The third-order valence-corrected chi connectivity index (χ3v) is 5.59. The standard InChI is InChI=1S/C19H24N4O4/c1-11-8-15(16-12(2)21-27-17(16)20-11)19(25)22-9-13-4-5-14(10-22)23(18(13)24)6-7-26-3/h8,13-14H,4-7,9-10H2,1-3H3/t13-,14+/m0/s1. The number of amides is 2. The van der Waals surface area contributed by atoms with Crippen molar-refractivity contribution < 1.29 is 18.8 Å². The molecule has 3 fully saturated rings. The fourth-order valence-electron chi connectivity index (χ4n) is 4.25. The molecule has 3 aliphatic rings. The van der Waals surface area contributed by atoms with Crippen LogP contribution in [-0.2, 0) is 9.53 Å². The van der Waals surface area contributed by atoms with Crippen LogP contribution in [0.4, 0.5) is 0 Å². The number of methoxy groups -OCH3 is 1. The highest BCUT2D eigenvalue weighted by Gasteiger charge is 2.42. The van der Waals surface area contributed by atoms with Gasteiger partial charge >= 0.3 is 0 Å². The largest absolute Gasteiger partial charge is 0.383 e. The Kier molecular flexibility index (Phi) is 4.59. The van der Waals surface area contributed by atoms with Crippen LogP contribution in [0.2, 0.25) is 0 Å². The van der Waals surface area contributed by atoms with Crippen LogP contribution in [0.15, 0.2) is 10.6 Å². The lowest BCUT2D eigenvalue weighted by Gasteiger charge is -2.35. The summed E-state index contributed by atoms with van der Waals surface area (Å²) < 4.78 is 10.4. The van der Waals surface area contributed by atoms with Gasteiger partial charge in [0, 0.05) is 38.5 Å². The maximum absolute atomic E-state index is 13.4. The molecule has 3 aliphatic heterocycles. The van der Waals surface area contributed by atoms with Crippen molar-refractivity contribution in [1.82, 2.24) is 19.9 Å². The van der Waals surface area contributed by atoms with Gasteiger partial charge in [-0.05, 0) is 32.8 Å². The van der Waals surface area contributed by atoms with Crippen molar-refractivity contribution in [3.63, 3.8) is 0 Å². The number of aromatic nitrogens is 2. The molecule has 144 valence electrons. The molecule has 0 unspecified atom stereocenters. The molecule has 0 aromatic carbocycles. The van der Waals surface area contributed by atoms with E-state index in [2.05, 4.69) is 10.1 Å². The summed E-state index contributed by atoms with van der Waals surface area (Å²) in [4.78, 5) is 34.2. The zero-order chi connectivity index (χ0) is 19.1. The first kappa shape index (κ1) is 17.9. The van der Waals surface area contributed by atoms with Gasteiger partial charge < -0.3 is 19.1 Å². The number of rotatable bonds is 4. The maximum atomic E-state index is 13.4. The van der Waals surface area contributed by atoms with Crippen LogP contribution >= 0.6 is 0 Å². The average Bonchev–Trinajstić information content (AvgIpc) is 2.83. The van der Waals surface area contributed by atoms with E-state index in [1.54, 1.807) is 13.2 Å². The third-order valence-electron chi connectivity index (χ3n) is 5.59. The summed E-state index contributed by atoms with van der Waals surface area (Å²) in [6.07, 6.45) is 1.74. The molecule has 8 heteroatoms. The van der Waals surface area contributed by atoms with Crippen LogP contribution in [0.3, 0.4) is 0 Å². The molecule has 2 aromatic heterocycles. The van der Waals surface area contributed by atoms with E-state index in [9.17, 15) is 9.59 Å². The highest BCUT2D eigenvalue weighted by molar-refractivity contribution is 6.06. The van der Waals surface area contributed by atoms with Crippen LogP contribution in [-0.4, -0.2) is 71.1 Å². The number of aryl methyl sites for hydroxylation is 2. The Morgan fingerprint density at radius 2 is 2.15 bits per heavy atom. The van der Waals surface area contributed by atoms with Crippen molar-refractivity contribution >= 4 is 22.9 Å². The second-order valence-electron chi connectivity index (χ2n) is 7.42. The van der Waals surface area contributed by atoms with Gasteiger partial charge in [0.15, 0.2) is 0 Å². The lowest BCUT2D eigenvalue weighted by atomic mass is 9.94. The summed E-state index contributed by atoms with van der Waals surface area (Å²) in [5.41, 5.74) is 2.29. The second kappa shape index (κ2) is 6.92. The predicted octanol–water partition coefficient (Wildman–Crippen LogP) is 1.55. The highest BCUT2D eigenvalue weighted by atomic mass is 16.5. The van der Waals surface area contributed by atoms with Crippen molar-refractivity contribution in [2.45, 2.75) is 32.7 Å². The minimum absolute atomic E-state index is 0.0392. The number of carbonyl (C=O) groups excluding carboxylic acids is 2. The summed E-state index contributed by atoms with van der Waals surface area (Å²) in [5, 5.41) is 4.62. The predicted molar refractivity (Wildman–Crippen MR) is 97.3 cm³/mol. The molecule has 5 heterocycles. The number of fused-ring (bicyclic) bond motifs is 5. The van der Waals surface area contributed by atoms with Gasteiger partial charge in [0.05, 0.1) is 29.2 Å². The molecule has 2 amide bonds. The number of pyridine rings is 1. The summed E-state index contributed by atoms with van der Waals surface area (Å²) in [6, 6.07) is 1.82. The Labute approximate surface area is 157 Å². The van der Waals surface area contributed by atoms with Crippen molar-refractivity contribution in [3.8, 4) is 0 Å². The molecule has 27 heavy (non-hydrogen) atoms. The van der Waals surface area contributed by atoms with Crippen LogP contribution < -0.4 is 0 Å². The summed E-state index contributed by atoms with van der Waals surface area (Å²) >= 11 is 0. The van der Waals surface area contributed by atoms with Crippen molar-refractivity contribution in [3.05, 3.63) is 23.0 Å². The Morgan fingerprint density at radius 1 is 1.33 bits per heavy atom. The molecule has 0 saturated carbocycles. The number of hydrogen-bond acceptors (Lipinski definition) is 6. The quantitative estimate of drug-likeness (QED) is 0.809. The van der Waals surface area contributed by atoms with Gasteiger partial charge in [-0.3, -0.25) is 9.59 Å². The molecule has 0 aliphatic carbocycles. The normalized spacial score (nSPS) is 22.6. The number of piperidine rings is 1. The Morgan fingerprint density at radius 3 is 2.93 bits per heavy atom. The first-order chi connectivity index (χ1) is 13.0. The summed E-state index contributed by atoms with van der Waals surface area (Å²) in [5.74, 6) is -0.0996. The van der Waals surface area contributed by atoms with Gasteiger partial charge in [0.1, 0.15) is 0 Å².